The summed E-state index contributed by atoms with van der Waals surface area (Å²) in [5.41, 5.74) is 0.908. The smallest absolute Gasteiger partial charge is 0.264 e. The first-order valence-corrected chi connectivity index (χ1v) is 10.1. The highest BCUT2D eigenvalue weighted by Crippen LogP contribution is 2.35. The SMILES string of the molecule is Cc1noc2nc(C3CCN(C(=O)[C@H](C)Oc4ccc(F)cc4)CC3)cc(C(F)F)c12. The van der Waals surface area contributed by atoms with E-state index in [9.17, 15) is 18.0 Å². The molecule has 164 valence electrons. The van der Waals surface area contributed by atoms with Gasteiger partial charge in [0.2, 0.25) is 0 Å². The van der Waals surface area contributed by atoms with Gasteiger partial charge in [-0.3, -0.25) is 4.79 Å². The maximum absolute atomic E-state index is 13.6. The molecule has 1 aliphatic rings. The number of carbonyl (C=O) groups is 1. The van der Waals surface area contributed by atoms with Crippen molar-refractivity contribution < 1.29 is 27.2 Å². The van der Waals surface area contributed by atoms with Gasteiger partial charge in [-0.05, 0) is 57.0 Å². The Kier molecular flexibility index (Phi) is 5.84. The van der Waals surface area contributed by atoms with Crippen LogP contribution in [0.3, 0.4) is 0 Å². The maximum atomic E-state index is 13.6. The molecule has 0 unspecified atom stereocenters. The van der Waals surface area contributed by atoms with Crippen LogP contribution in [-0.2, 0) is 4.79 Å². The zero-order valence-electron chi connectivity index (χ0n) is 17.1. The molecule has 1 atom stereocenters. The molecule has 3 heterocycles. The van der Waals surface area contributed by atoms with Crippen molar-refractivity contribution in [2.45, 2.75) is 45.1 Å². The van der Waals surface area contributed by atoms with Crippen LogP contribution in [-0.4, -0.2) is 40.1 Å². The van der Waals surface area contributed by atoms with Crippen molar-refractivity contribution in [3.8, 4) is 5.75 Å². The first-order chi connectivity index (χ1) is 14.8. The number of aryl methyl sites for hydroxylation is 1. The van der Waals surface area contributed by atoms with Gasteiger partial charge in [0.15, 0.2) is 6.10 Å². The molecule has 1 aromatic carbocycles. The van der Waals surface area contributed by atoms with E-state index in [4.69, 9.17) is 9.26 Å². The number of alkyl halides is 2. The third-order valence-corrected chi connectivity index (χ3v) is 5.60. The van der Waals surface area contributed by atoms with Gasteiger partial charge in [0.05, 0.1) is 11.1 Å². The maximum Gasteiger partial charge on any atom is 0.264 e. The van der Waals surface area contributed by atoms with Crippen molar-refractivity contribution in [2.75, 3.05) is 13.1 Å². The largest absolute Gasteiger partial charge is 0.481 e. The quantitative estimate of drug-likeness (QED) is 0.579. The third-order valence-electron chi connectivity index (χ3n) is 5.60. The Balaban J connectivity index is 1.42. The number of nitrogens with zero attached hydrogens (tertiary/aromatic N) is 3. The van der Waals surface area contributed by atoms with Gasteiger partial charge < -0.3 is 14.2 Å². The lowest BCUT2D eigenvalue weighted by atomic mass is 9.91. The number of fused-ring (bicyclic) bond motifs is 1. The minimum absolute atomic E-state index is 0.0651. The van der Waals surface area contributed by atoms with Gasteiger partial charge in [-0.15, -0.1) is 0 Å². The van der Waals surface area contributed by atoms with Crippen LogP contribution in [0.5, 0.6) is 5.75 Å². The molecule has 31 heavy (non-hydrogen) atoms. The average molecular weight is 433 g/mol. The number of benzene rings is 1. The minimum atomic E-state index is -2.66. The number of amides is 1. The zero-order chi connectivity index (χ0) is 22.1. The topological polar surface area (TPSA) is 68.5 Å². The van der Waals surface area contributed by atoms with Gasteiger partial charge in [0.1, 0.15) is 11.6 Å². The van der Waals surface area contributed by atoms with E-state index in [0.717, 1.165) is 0 Å². The van der Waals surface area contributed by atoms with E-state index in [1.807, 2.05) is 0 Å². The van der Waals surface area contributed by atoms with Gasteiger partial charge in [-0.25, -0.2) is 18.2 Å². The number of ether oxygens (including phenoxy) is 1. The van der Waals surface area contributed by atoms with Crippen LogP contribution in [0.4, 0.5) is 13.2 Å². The summed E-state index contributed by atoms with van der Waals surface area (Å²) in [6, 6.07) is 6.91. The molecule has 0 N–H and O–H groups in total. The highest BCUT2D eigenvalue weighted by atomic mass is 19.3. The summed E-state index contributed by atoms with van der Waals surface area (Å²) >= 11 is 0. The van der Waals surface area contributed by atoms with E-state index in [1.54, 1.807) is 18.7 Å². The molecule has 1 fully saturated rings. The average Bonchev–Trinajstić information content (AvgIpc) is 3.15. The first-order valence-electron chi connectivity index (χ1n) is 10.1. The molecule has 1 saturated heterocycles. The fourth-order valence-electron chi connectivity index (χ4n) is 3.95. The zero-order valence-corrected chi connectivity index (χ0v) is 17.1. The van der Waals surface area contributed by atoms with Gasteiger partial charge in [0, 0.05) is 30.3 Å². The molecule has 4 rings (SSSR count). The minimum Gasteiger partial charge on any atom is -0.481 e. The normalized spacial score (nSPS) is 16.1. The molecule has 2 aromatic heterocycles. The molecule has 1 aliphatic heterocycles. The Labute approximate surface area is 177 Å². The summed E-state index contributed by atoms with van der Waals surface area (Å²) in [5, 5.41) is 4.02. The van der Waals surface area contributed by atoms with Crippen LogP contribution in [0.1, 0.15) is 49.1 Å². The monoisotopic (exact) mass is 433 g/mol. The number of aromatic nitrogens is 2. The summed E-state index contributed by atoms with van der Waals surface area (Å²) in [7, 11) is 0. The third kappa shape index (κ3) is 4.35. The number of carbonyl (C=O) groups excluding carboxylic acids is 1. The molecule has 0 bridgehead atoms. The standard InChI is InChI=1S/C22H22F3N3O3/c1-12-19-17(20(24)25)11-18(26-21(19)31-27-12)14-7-9-28(10-8-14)22(29)13(2)30-16-5-3-15(23)4-6-16/h3-6,11,13-14,20H,7-10H2,1-2H3/t13-/m0/s1. The Hall–Kier alpha value is -3.10. The van der Waals surface area contributed by atoms with E-state index in [0.29, 0.717) is 43.1 Å². The van der Waals surface area contributed by atoms with E-state index in [1.165, 1.54) is 30.3 Å². The van der Waals surface area contributed by atoms with Crippen LogP contribution in [0, 0.1) is 12.7 Å². The highest BCUT2D eigenvalue weighted by molar-refractivity contribution is 5.81. The van der Waals surface area contributed by atoms with Crippen LogP contribution < -0.4 is 4.74 Å². The second-order valence-electron chi connectivity index (χ2n) is 7.70. The number of halogens is 3. The number of likely N-dealkylation sites (tertiary alicyclic amines) is 1. The molecule has 3 aromatic rings. The van der Waals surface area contributed by atoms with Gasteiger partial charge >= 0.3 is 0 Å². The first kappa shape index (κ1) is 21.1. The van der Waals surface area contributed by atoms with E-state index in [2.05, 4.69) is 10.1 Å². The van der Waals surface area contributed by atoms with Crippen LogP contribution in [0.25, 0.3) is 11.1 Å². The van der Waals surface area contributed by atoms with Crippen LogP contribution >= 0.6 is 0 Å². The van der Waals surface area contributed by atoms with Crippen molar-refractivity contribution in [1.29, 1.82) is 0 Å². The van der Waals surface area contributed by atoms with Gasteiger partial charge in [-0.2, -0.15) is 0 Å². The molecular weight excluding hydrogens is 411 g/mol. The summed E-state index contributed by atoms with van der Waals surface area (Å²) < 4.78 is 50.9. The summed E-state index contributed by atoms with van der Waals surface area (Å²) in [4.78, 5) is 18.8. The predicted octanol–water partition coefficient (Wildman–Crippen LogP) is 4.78. The Bertz CT molecular complexity index is 1080. The molecular formula is C22H22F3N3O3. The van der Waals surface area contributed by atoms with E-state index < -0.39 is 12.5 Å². The van der Waals surface area contributed by atoms with Crippen molar-refractivity contribution in [2.24, 2.45) is 0 Å². The lowest BCUT2D eigenvalue weighted by molar-refractivity contribution is -0.139. The fraction of sp³-hybridized carbons (Fsp3) is 0.409. The van der Waals surface area contributed by atoms with Gasteiger partial charge in [0.25, 0.3) is 18.0 Å². The summed E-state index contributed by atoms with van der Waals surface area (Å²) in [6.07, 6.45) is -2.21. The Morgan fingerprint density at radius 1 is 1.23 bits per heavy atom. The molecule has 0 radical (unpaired) electrons. The number of pyridine rings is 1. The van der Waals surface area contributed by atoms with Crippen LogP contribution in [0.15, 0.2) is 34.9 Å². The lowest BCUT2D eigenvalue weighted by Crippen LogP contribution is -2.44. The predicted molar refractivity (Wildman–Crippen MR) is 107 cm³/mol. The summed E-state index contributed by atoms with van der Waals surface area (Å²) in [6.45, 7) is 4.17. The number of hydrogen-bond donors (Lipinski definition) is 0. The molecule has 0 spiro atoms. The van der Waals surface area contributed by atoms with Crippen molar-refractivity contribution in [3.63, 3.8) is 0 Å². The van der Waals surface area contributed by atoms with Crippen molar-refractivity contribution in [1.82, 2.24) is 15.0 Å². The molecule has 0 aliphatic carbocycles. The van der Waals surface area contributed by atoms with Crippen molar-refractivity contribution in [3.05, 3.63) is 53.1 Å². The Morgan fingerprint density at radius 2 is 1.90 bits per heavy atom. The summed E-state index contributed by atoms with van der Waals surface area (Å²) in [5.74, 6) is -0.206. The number of piperidine rings is 1. The van der Waals surface area contributed by atoms with Crippen LogP contribution in [0.2, 0.25) is 0 Å². The van der Waals surface area contributed by atoms with E-state index >= 15 is 0 Å². The second-order valence-corrected chi connectivity index (χ2v) is 7.70. The lowest BCUT2D eigenvalue weighted by Gasteiger charge is -2.33. The molecule has 0 saturated carbocycles. The molecule has 9 heteroatoms. The number of rotatable bonds is 5. The fourth-order valence-corrected chi connectivity index (χ4v) is 3.95. The Morgan fingerprint density at radius 3 is 2.55 bits per heavy atom. The molecule has 6 nitrogen and oxygen atoms in total. The highest BCUT2D eigenvalue weighted by Gasteiger charge is 2.30. The van der Waals surface area contributed by atoms with Gasteiger partial charge in [-0.1, -0.05) is 5.16 Å². The molecule has 1 amide bonds. The van der Waals surface area contributed by atoms with Crippen molar-refractivity contribution >= 4 is 17.0 Å². The van der Waals surface area contributed by atoms with E-state index in [-0.39, 0.29) is 34.3 Å². The second kappa shape index (κ2) is 8.56. The number of hydrogen-bond acceptors (Lipinski definition) is 5.